The molecule has 0 nitrogen and oxygen atoms in total. The van der Waals surface area contributed by atoms with E-state index in [1.54, 1.807) is 0 Å². The summed E-state index contributed by atoms with van der Waals surface area (Å²) in [7, 11) is 0. The molecule has 0 unspecified atom stereocenters. The smallest absolute Gasteiger partial charge is 0.0254 e. The summed E-state index contributed by atoms with van der Waals surface area (Å²) in [5.74, 6) is 0. The second-order valence-corrected chi connectivity index (χ2v) is 3.76. The van der Waals surface area contributed by atoms with Crippen LogP contribution >= 0.6 is 11.6 Å². The van der Waals surface area contributed by atoms with Gasteiger partial charge in [-0.3, -0.25) is 0 Å². The summed E-state index contributed by atoms with van der Waals surface area (Å²) in [6.45, 7) is 2.05. The predicted molar refractivity (Wildman–Crippen MR) is 57.6 cm³/mol. The first kappa shape index (κ1) is 8.58. The van der Waals surface area contributed by atoms with Crippen molar-refractivity contribution in [3.05, 3.63) is 52.6 Å². The van der Waals surface area contributed by atoms with Crippen molar-refractivity contribution in [2.45, 2.75) is 13.3 Å². The van der Waals surface area contributed by atoms with Crippen molar-refractivity contribution >= 4 is 17.2 Å². The van der Waals surface area contributed by atoms with Crippen LogP contribution in [0.3, 0.4) is 0 Å². The van der Waals surface area contributed by atoms with E-state index in [0.29, 0.717) is 0 Å². The second-order valence-electron chi connectivity index (χ2n) is 3.30. The normalized spacial score (nSPS) is 16.3. The van der Waals surface area contributed by atoms with E-state index in [1.165, 1.54) is 16.7 Å². The molecule has 0 saturated carbocycles. The van der Waals surface area contributed by atoms with Gasteiger partial charge in [-0.05, 0) is 23.6 Å². The molecule has 1 heteroatoms. The Morgan fingerprint density at radius 3 is 2.38 bits per heavy atom. The fourth-order valence-corrected chi connectivity index (χ4v) is 1.73. The van der Waals surface area contributed by atoms with Crippen LogP contribution in [0.15, 0.2) is 47.0 Å². The summed E-state index contributed by atoms with van der Waals surface area (Å²) >= 11 is 6.03. The minimum Gasteiger partial charge on any atom is -0.0885 e. The molecule has 13 heavy (non-hydrogen) atoms. The summed E-state index contributed by atoms with van der Waals surface area (Å²) in [6, 6.07) is 10.4. The van der Waals surface area contributed by atoms with Gasteiger partial charge in [-0.25, -0.2) is 0 Å². The highest BCUT2D eigenvalue weighted by atomic mass is 35.5. The number of hydrogen-bond acceptors (Lipinski definition) is 0. The van der Waals surface area contributed by atoms with E-state index < -0.39 is 0 Å². The van der Waals surface area contributed by atoms with Crippen molar-refractivity contribution < 1.29 is 0 Å². The third kappa shape index (κ3) is 1.68. The van der Waals surface area contributed by atoms with Crippen LogP contribution in [0.2, 0.25) is 0 Å². The van der Waals surface area contributed by atoms with Crippen LogP contribution < -0.4 is 0 Å². The second kappa shape index (κ2) is 3.39. The maximum Gasteiger partial charge on any atom is 0.0254 e. The van der Waals surface area contributed by atoms with Gasteiger partial charge < -0.3 is 0 Å². The summed E-state index contributed by atoms with van der Waals surface area (Å²) < 4.78 is 0. The Kier molecular flexibility index (Phi) is 2.24. The summed E-state index contributed by atoms with van der Waals surface area (Å²) in [6.07, 6.45) is 3.05. The van der Waals surface area contributed by atoms with Gasteiger partial charge >= 0.3 is 0 Å². The van der Waals surface area contributed by atoms with Gasteiger partial charge in [0.1, 0.15) is 0 Å². The van der Waals surface area contributed by atoms with Crippen LogP contribution in [0.4, 0.5) is 0 Å². The number of allylic oxidation sites excluding steroid dienone is 4. The molecule has 2 rings (SSSR count). The van der Waals surface area contributed by atoms with Crippen molar-refractivity contribution in [2.75, 3.05) is 0 Å². The zero-order valence-electron chi connectivity index (χ0n) is 7.55. The van der Waals surface area contributed by atoms with E-state index in [4.69, 9.17) is 11.6 Å². The lowest BCUT2D eigenvalue weighted by atomic mass is 10.1. The fraction of sp³-hybridized carbons (Fsp3) is 0.167. The first-order valence-electron chi connectivity index (χ1n) is 4.38. The third-order valence-electron chi connectivity index (χ3n) is 2.31. The standard InChI is InChI=1S/C12H11Cl/c1-9-7-11(8-12(9)13)10-5-3-2-4-6-10/h2-7H,8H2,1H3. The van der Waals surface area contributed by atoms with Crippen LogP contribution in [-0.4, -0.2) is 0 Å². The van der Waals surface area contributed by atoms with E-state index in [0.717, 1.165) is 11.5 Å². The summed E-state index contributed by atoms with van der Waals surface area (Å²) in [5, 5.41) is 0.971. The van der Waals surface area contributed by atoms with E-state index in [9.17, 15) is 0 Å². The lowest BCUT2D eigenvalue weighted by molar-refractivity contribution is 1.37. The van der Waals surface area contributed by atoms with Crippen molar-refractivity contribution in [3.8, 4) is 0 Å². The Bertz CT molecular complexity index is 371. The molecule has 0 fully saturated rings. The van der Waals surface area contributed by atoms with Crippen molar-refractivity contribution in [3.63, 3.8) is 0 Å². The van der Waals surface area contributed by atoms with Gasteiger partial charge in [-0.15, -0.1) is 0 Å². The third-order valence-corrected chi connectivity index (χ3v) is 2.74. The molecule has 0 spiro atoms. The van der Waals surface area contributed by atoms with Crippen molar-refractivity contribution in [2.24, 2.45) is 0 Å². The molecule has 1 aromatic rings. The molecule has 1 aliphatic carbocycles. The zero-order chi connectivity index (χ0) is 9.26. The largest absolute Gasteiger partial charge is 0.0885 e. The summed E-state index contributed by atoms with van der Waals surface area (Å²) in [4.78, 5) is 0. The van der Waals surface area contributed by atoms with Crippen LogP contribution in [0, 0.1) is 0 Å². The van der Waals surface area contributed by atoms with E-state index in [1.807, 2.05) is 6.07 Å². The topological polar surface area (TPSA) is 0 Å². The molecule has 0 aliphatic heterocycles. The van der Waals surface area contributed by atoms with Crippen molar-refractivity contribution in [1.29, 1.82) is 0 Å². The van der Waals surface area contributed by atoms with Crippen LogP contribution in [0.1, 0.15) is 18.9 Å². The highest BCUT2D eigenvalue weighted by molar-refractivity contribution is 6.31. The van der Waals surface area contributed by atoms with Crippen LogP contribution in [-0.2, 0) is 0 Å². The molecule has 0 atom stereocenters. The van der Waals surface area contributed by atoms with Crippen LogP contribution in [0.5, 0.6) is 0 Å². The average Bonchev–Trinajstić information content (AvgIpc) is 2.49. The predicted octanol–water partition coefficient (Wildman–Crippen LogP) is 3.99. The Morgan fingerprint density at radius 1 is 1.15 bits per heavy atom. The molecule has 1 aromatic carbocycles. The highest BCUT2D eigenvalue weighted by Gasteiger charge is 2.11. The van der Waals surface area contributed by atoms with Gasteiger partial charge in [0.05, 0.1) is 0 Å². The number of hydrogen-bond donors (Lipinski definition) is 0. The molecule has 0 bridgehead atoms. The van der Waals surface area contributed by atoms with Gasteiger partial charge in [-0.2, -0.15) is 0 Å². The molecule has 0 saturated heterocycles. The Balaban J connectivity index is 2.29. The lowest BCUT2D eigenvalue weighted by Crippen LogP contribution is -1.79. The van der Waals surface area contributed by atoms with Crippen LogP contribution in [0.25, 0.3) is 5.57 Å². The van der Waals surface area contributed by atoms with Gasteiger partial charge in [-0.1, -0.05) is 48.0 Å². The minimum atomic E-state index is 0.886. The SMILES string of the molecule is CC1=C(Cl)CC(c2ccccc2)=C1. The molecule has 0 aromatic heterocycles. The quantitative estimate of drug-likeness (QED) is 0.628. The zero-order valence-corrected chi connectivity index (χ0v) is 8.31. The molecule has 0 radical (unpaired) electrons. The average molecular weight is 191 g/mol. The number of halogens is 1. The van der Waals surface area contributed by atoms with E-state index >= 15 is 0 Å². The number of benzene rings is 1. The monoisotopic (exact) mass is 190 g/mol. The summed E-state index contributed by atoms with van der Waals surface area (Å²) in [5.41, 5.74) is 3.79. The molecule has 1 aliphatic rings. The molecular weight excluding hydrogens is 180 g/mol. The van der Waals surface area contributed by atoms with E-state index in [2.05, 4.69) is 37.3 Å². The lowest BCUT2D eigenvalue weighted by Gasteiger charge is -2.00. The number of rotatable bonds is 1. The van der Waals surface area contributed by atoms with Crippen molar-refractivity contribution in [1.82, 2.24) is 0 Å². The highest BCUT2D eigenvalue weighted by Crippen LogP contribution is 2.33. The minimum absolute atomic E-state index is 0.886. The fourth-order valence-electron chi connectivity index (χ4n) is 1.53. The maximum atomic E-state index is 6.03. The first-order chi connectivity index (χ1) is 6.27. The van der Waals surface area contributed by atoms with Gasteiger partial charge in [0.2, 0.25) is 0 Å². The van der Waals surface area contributed by atoms with Gasteiger partial charge in [0, 0.05) is 11.5 Å². The maximum absolute atomic E-state index is 6.03. The van der Waals surface area contributed by atoms with Gasteiger partial charge in [0.25, 0.3) is 0 Å². The van der Waals surface area contributed by atoms with Gasteiger partial charge in [0.15, 0.2) is 0 Å². The molecule has 0 amide bonds. The molecular formula is C12H11Cl. The molecule has 0 N–H and O–H groups in total. The molecule has 66 valence electrons. The Morgan fingerprint density at radius 2 is 1.85 bits per heavy atom. The molecule has 0 heterocycles. The Labute approximate surface area is 83.5 Å². The Hall–Kier alpha value is -1.01. The van der Waals surface area contributed by atoms with E-state index in [-0.39, 0.29) is 0 Å². The first-order valence-corrected chi connectivity index (χ1v) is 4.76.